The number of benzene rings is 2. The second-order valence-electron chi connectivity index (χ2n) is 10.1. The Balaban J connectivity index is 1.98. The lowest BCUT2D eigenvalue weighted by atomic mass is 9.91. The van der Waals surface area contributed by atoms with Gasteiger partial charge < -0.3 is 13.9 Å². The molecule has 4 nitrogen and oxygen atoms in total. The van der Waals surface area contributed by atoms with Crippen LogP contribution < -0.4 is 9.47 Å². The molecule has 168 valence electrons. The molecule has 0 saturated carbocycles. The predicted molar refractivity (Wildman–Crippen MR) is 129 cm³/mol. The van der Waals surface area contributed by atoms with E-state index in [1.807, 2.05) is 30.3 Å². The van der Waals surface area contributed by atoms with Crippen LogP contribution in [0.25, 0.3) is 10.8 Å². The normalized spacial score (nSPS) is 17.2. The molecule has 0 amide bonds. The molecule has 0 aromatic heterocycles. The van der Waals surface area contributed by atoms with Gasteiger partial charge >= 0.3 is 5.97 Å². The number of allylic oxidation sites excluding steroid dienone is 2. The van der Waals surface area contributed by atoms with Crippen molar-refractivity contribution in [3.63, 3.8) is 0 Å². The quantitative estimate of drug-likeness (QED) is 0.275. The van der Waals surface area contributed by atoms with Crippen LogP contribution in [0.2, 0.25) is 18.1 Å². The molecule has 0 fully saturated rings. The van der Waals surface area contributed by atoms with Gasteiger partial charge in [0.1, 0.15) is 11.5 Å². The largest absolute Gasteiger partial charge is 0.547 e. The number of methoxy groups -OCH3 is 1. The zero-order valence-corrected chi connectivity index (χ0v) is 21.2. The molecule has 0 radical (unpaired) electrons. The Bertz CT molecular complexity index is 1010. The van der Waals surface area contributed by atoms with E-state index in [2.05, 4.69) is 40.8 Å². The van der Waals surface area contributed by atoms with Crippen molar-refractivity contribution in [2.24, 2.45) is 5.92 Å². The van der Waals surface area contributed by atoms with Crippen LogP contribution in [-0.4, -0.2) is 21.4 Å². The maximum absolute atomic E-state index is 11.9. The molecule has 0 aliphatic heterocycles. The van der Waals surface area contributed by atoms with E-state index in [0.717, 1.165) is 41.3 Å². The van der Waals surface area contributed by atoms with Gasteiger partial charge in [0.25, 0.3) is 0 Å². The molecular weight excluding hydrogens is 404 g/mol. The van der Waals surface area contributed by atoms with E-state index >= 15 is 0 Å². The molecule has 3 rings (SSSR count). The fourth-order valence-corrected chi connectivity index (χ4v) is 5.20. The third kappa shape index (κ3) is 4.82. The first-order valence-electron chi connectivity index (χ1n) is 11.1. The molecule has 0 spiro atoms. The van der Waals surface area contributed by atoms with Gasteiger partial charge in [-0.25, -0.2) is 0 Å². The molecule has 0 bridgehead atoms. The van der Waals surface area contributed by atoms with Gasteiger partial charge in [-0.2, -0.15) is 0 Å². The van der Waals surface area contributed by atoms with Gasteiger partial charge in [0.05, 0.1) is 12.9 Å². The molecule has 0 heterocycles. The average Bonchev–Trinajstić information content (AvgIpc) is 3.01. The third-order valence-electron chi connectivity index (χ3n) is 6.92. The molecule has 0 saturated heterocycles. The fourth-order valence-electron chi connectivity index (χ4n) is 4.02. The first-order valence-corrected chi connectivity index (χ1v) is 14.0. The SMILES string of the molecule is COc1cc(CC2CCC(O[Si](C)(C)C(C)(C)C)=C2C)c(OC(C)=O)c2ccccc12. The molecule has 1 unspecified atom stereocenters. The highest BCUT2D eigenvalue weighted by molar-refractivity contribution is 6.74. The number of rotatable bonds is 6. The number of hydrogen-bond acceptors (Lipinski definition) is 4. The highest BCUT2D eigenvalue weighted by Gasteiger charge is 2.40. The minimum absolute atomic E-state index is 0.173. The number of fused-ring (bicyclic) bond motifs is 1. The second kappa shape index (κ2) is 8.70. The summed E-state index contributed by atoms with van der Waals surface area (Å²) in [4.78, 5) is 11.9. The van der Waals surface area contributed by atoms with E-state index in [4.69, 9.17) is 13.9 Å². The first kappa shape index (κ1) is 23.4. The van der Waals surface area contributed by atoms with Crippen LogP contribution in [0.15, 0.2) is 41.7 Å². The van der Waals surface area contributed by atoms with Gasteiger partial charge in [-0.15, -0.1) is 0 Å². The summed E-state index contributed by atoms with van der Waals surface area (Å²) in [5.41, 5.74) is 2.33. The Kier molecular flexibility index (Phi) is 6.56. The maximum atomic E-state index is 11.9. The van der Waals surface area contributed by atoms with Crippen LogP contribution >= 0.6 is 0 Å². The fraction of sp³-hybridized carbons (Fsp3) is 0.500. The summed E-state index contributed by atoms with van der Waals surface area (Å²) in [6.45, 7) is 15.1. The molecule has 5 heteroatoms. The van der Waals surface area contributed by atoms with E-state index in [1.165, 1.54) is 18.3 Å². The van der Waals surface area contributed by atoms with E-state index in [-0.39, 0.29) is 11.0 Å². The minimum Gasteiger partial charge on any atom is -0.547 e. The van der Waals surface area contributed by atoms with E-state index < -0.39 is 8.32 Å². The van der Waals surface area contributed by atoms with Crippen molar-refractivity contribution in [3.05, 3.63) is 47.2 Å². The topological polar surface area (TPSA) is 44.8 Å². The van der Waals surface area contributed by atoms with Gasteiger partial charge in [0, 0.05) is 24.1 Å². The summed E-state index contributed by atoms with van der Waals surface area (Å²) < 4.78 is 18.1. The molecule has 0 N–H and O–H groups in total. The third-order valence-corrected chi connectivity index (χ3v) is 11.3. The predicted octanol–water partition coefficient (Wildman–Crippen LogP) is 7.02. The van der Waals surface area contributed by atoms with Crippen molar-refractivity contribution >= 4 is 25.1 Å². The maximum Gasteiger partial charge on any atom is 0.308 e. The molecule has 2 aromatic carbocycles. The highest BCUT2D eigenvalue weighted by Crippen LogP contribution is 2.44. The van der Waals surface area contributed by atoms with Crippen LogP contribution in [0.4, 0.5) is 0 Å². The molecule has 1 aliphatic carbocycles. The summed E-state index contributed by atoms with van der Waals surface area (Å²) in [5, 5.41) is 2.03. The Hall–Kier alpha value is -2.27. The lowest BCUT2D eigenvalue weighted by Gasteiger charge is -2.37. The van der Waals surface area contributed by atoms with Crippen molar-refractivity contribution in [3.8, 4) is 11.5 Å². The number of esters is 1. The standard InChI is InChI=1S/C26H36O4Si/c1-17-19(13-14-23(17)30-31(7,8)26(3,4)5)15-20-16-24(28-6)21-11-9-10-12-22(21)25(20)29-18(2)27/h9-12,16,19H,13-15H2,1-8H3. The molecule has 1 atom stereocenters. The Morgan fingerprint density at radius 1 is 1.16 bits per heavy atom. The van der Waals surface area contributed by atoms with E-state index in [9.17, 15) is 4.79 Å². The molecule has 31 heavy (non-hydrogen) atoms. The lowest BCUT2D eigenvalue weighted by molar-refractivity contribution is -0.131. The van der Waals surface area contributed by atoms with Crippen LogP contribution in [0.5, 0.6) is 11.5 Å². The summed E-state index contributed by atoms with van der Waals surface area (Å²) in [7, 11) is -0.181. The highest BCUT2D eigenvalue weighted by atomic mass is 28.4. The number of carbonyl (C=O) groups excluding carboxylic acids is 1. The summed E-state index contributed by atoms with van der Waals surface area (Å²) in [6.07, 6.45) is 2.81. The summed E-state index contributed by atoms with van der Waals surface area (Å²) in [6, 6.07) is 9.95. The van der Waals surface area contributed by atoms with Gasteiger partial charge in [-0.05, 0) is 61.0 Å². The van der Waals surface area contributed by atoms with Gasteiger partial charge in [0.2, 0.25) is 8.32 Å². The van der Waals surface area contributed by atoms with Gasteiger partial charge in [-0.1, -0.05) is 45.0 Å². The smallest absolute Gasteiger partial charge is 0.308 e. The molecule has 2 aromatic rings. The number of carbonyl (C=O) groups is 1. The Morgan fingerprint density at radius 2 is 1.81 bits per heavy atom. The number of ether oxygens (including phenoxy) is 2. The van der Waals surface area contributed by atoms with Crippen molar-refractivity contribution in [2.45, 2.75) is 72.0 Å². The van der Waals surface area contributed by atoms with Crippen molar-refractivity contribution in [1.82, 2.24) is 0 Å². The van der Waals surface area contributed by atoms with E-state index in [0.29, 0.717) is 11.7 Å². The Labute approximate surface area is 187 Å². The zero-order valence-electron chi connectivity index (χ0n) is 20.2. The molecule has 1 aliphatic rings. The average molecular weight is 441 g/mol. The van der Waals surface area contributed by atoms with E-state index in [1.54, 1.807) is 7.11 Å². The van der Waals surface area contributed by atoms with Crippen LogP contribution in [-0.2, 0) is 15.6 Å². The first-order chi connectivity index (χ1) is 14.4. The molecular formula is C26H36O4Si. The van der Waals surface area contributed by atoms with Crippen molar-refractivity contribution < 1.29 is 18.7 Å². The summed E-state index contributed by atoms with van der Waals surface area (Å²) >= 11 is 0. The lowest BCUT2D eigenvalue weighted by Crippen LogP contribution is -2.40. The van der Waals surface area contributed by atoms with Crippen LogP contribution in [0, 0.1) is 5.92 Å². The number of hydrogen-bond donors (Lipinski definition) is 0. The van der Waals surface area contributed by atoms with Crippen LogP contribution in [0.3, 0.4) is 0 Å². The monoisotopic (exact) mass is 440 g/mol. The van der Waals surface area contributed by atoms with Gasteiger partial charge in [-0.3, -0.25) is 4.79 Å². The zero-order chi connectivity index (χ0) is 23.0. The van der Waals surface area contributed by atoms with Crippen molar-refractivity contribution in [2.75, 3.05) is 7.11 Å². The van der Waals surface area contributed by atoms with Gasteiger partial charge in [0.15, 0.2) is 0 Å². The summed E-state index contributed by atoms with van der Waals surface area (Å²) in [5.74, 6) is 2.67. The Morgan fingerprint density at radius 3 is 2.39 bits per heavy atom. The minimum atomic E-state index is -1.86. The second-order valence-corrected chi connectivity index (χ2v) is 14.8. The van der Waals surface area contributed by atoms with Crippen LogP contribution in [0.1, 0.15) is 53.0 Å². The van der Waals surface area contributed by atoms with Crippen molar-refractivity contribution in [1.29, 1.82) is 0 Å².